The smallest absolute Gasteiger partial charge is 0.273 e. The summed E-state index contributed by atoms with van der Waals surface area (Å²) < 4.78 is 0. The van der Waals surface area contributed by atoms with Crippen LogP contribution < -0.4 is 10.6 Å². The van der Waals surface area contributed by atoms with E-state index in [0.717, 1.165) is 0 Å². The molecular formula is C14H23N3O3. The Kier molecular flexibility index (Phi) is 4.60. The molecular weight excluding hydrogens is 258 g/mol. The van der Waals surface area contributed by atoms with Crippen LogP contribution in [-0.2, 0) is 0 Å². The van der Waals surface area contributed by atoms with E-state index in [0.29, 0.717) is 17.9 Å². The monoisotopic (exact) mass is 281 g/mol. The number of anilines is 2. The molecule has 6 heteroatoms. The largest absolute Gasteiger partial charge is 0.388 e. The average molecular weight is 281 g/mol. The summed E-state index contributed by atoms with van der Waals surface area (Å²) in [6.07, 6.45) is 0. The van der Waals surface area contributed by atoms with E-state index in [2.05, 4.69) is 10.6 Å². The van der Waals surface area contributed by atoms with Gasteiger partial charge < -0.3 is 15.7 Å². The van der Waals surface area contributed by atoms with Gasteiger partial charge in [-0.15, -0.1) is 0 Å². The van der Waals surface area contributed by atoms with Gasteiger partial charge in [-0.05, 0) is 40.7 Å². The number of non-ortho nitro benzene ring substituents is 1. The van der Waals surface area contributed by atoms with Crippen molar-refractivity contribution in [2.75, 3.05) is 17.2 Å². The van der Waals surface area contributed by atoms with Gasteiger partial charge in [-0.25, -0.2) is 0 Å². The van der Waals surface area contributed by atoms with E-state index >= 15 is 0 Å². The summed E-state index contributed by atoms with van der Waals surface area (Å²) in [5.74, 6) is 0. The van der Waals surface area contributed by atoms with Crippen LogP contribution in [0.1, 0.15) is 34.6 Å². The first kappa shape index (κ1) is 16.2. The Morgan fingerprint density at radius 2 is 1.75 bits per heavy atom. The molecule has 0 bridgehead atoms. The Morgan fingerprint density at radius 1 is 1.20 bits per heavy atom. The first-order valence-electron chi connectivity index (χ1n) is 6.61. The highest BCUT2D eigenvalue weighted by Crippen LogP contribution is 2.30. The summed E-state index contributed by atoms with van der Waals surface area (Å²) in [5.41, 5.74) is -0.322. The fraction of sp³-hybridized carbons (Fsp3) is 0.571. The number of benzene rings is 1. The lowest BCUT2D eigenvalue weighted by Crippen LogP contribution is -2.51. The molecule has 0 amide bonds. The fourth-order valence-electron chi connectivity index (χ4n) is 1.61. The second-order valence-electron chi connectivity index (χ2n) is 5.87. The molecule has 0 aromatic heterocycles. The molecule has 0 spiro atoms. The molecule has 0 atom stereocenters. The lowest BCUT2D eigenvalue weighted by molar-refractivity contribution is -0.384. The van der Waals surface area contributed by atoms with Gasteiger partial charge in [-0.2, -0.15) is 0 Å². The van der Waals surface area contributed by atoms with Crippen molar-refractivity contribution < 1.29 is 10.0 Å². The topological polar surface area (TPSA) is 87.4 Å². The van der Waals surface area contributed by atoms with Crippen LogP contribution in [0.2, 0.25) is 0 Å². The quantitative estimate of drug-likeness (QED) is 0.551. The Balaban J connectivity index is 3.14. The van der Waals surface area contributed by atoms with Gasteiger partial charge in [0, 0.05) is 30.1 Å². The summed E-state index contributed by atoms with van der Waals surface area (Å²) >= 11 is 0. The normalized spacial score (nSPS) is 12.1. The van der Waals surface area contributed by atoms with Gasteiger partial charge in [0.15, 0.2) is 0 Å². The second-order valence-corrected chi connectivity index (χ2v) is 5.87. The van der Waals surface area contributed by atoms with Crippen LogP contribution in [-0.4, -0.2) is 27.7 Å². The molecule has 0 saturated heterocycles. The predicted molar refractivity (Wildman–Crippen MR) is 81.3 cm³/mol. The van der Waals surface area contributed by atoms with Crippen molar-refractivity contribution >= 4 is 17.1 Å². The van der Waals surface area contributed by atoms with Gasteiger partial charge >= 0.3 is 0 Å². The van der Waals surface area contributed by atoms with E-state index in [4.69, 9.17) is 0 Å². The van der Waals surface area contributed by atoms with Crippen LogP contribution in [0.3, 0.4) is 0 Å². The number of aliphatic hydroxyl groups is 1. The van der Waals surface area contributed by atoms with Gasteiger partial charge in [0.05, 0.1) is 16.1 Å². The molecule has 1 rings (SSSR count). The highest BCUT2D eigenvalue weighted by Gasteiger charge is 2.35. The van der Waals surface area contributed by atoms with Crippen molar-refractivity contribution in [2.45, 2.75) is 45.8 Å². The molecule has 112 valence electrons. The van der Waals surface area contributed by atoms with E-state index in [1.807, 2.05) is 20.8 Å². The first-order valence-corrected chi connectivity index (χ1v) is 6.61. The lowest BCUT2D eigenvalue weighted by atomic mass is 9.85. The maximum atomic E-state index is 11.0. The minimum absolute atomic E-state index is 0.0116. The van der Waals surface area contributed by atoms with Crippen LogP contribution in [0.5, 0.6) is 0 Å². The molecule has 6 nitrogen and oxygen atoms in total. The van der Waals surface area contributed by atoms with Crippen molar-refractivity contribution in [3.63, 3.8) is 0 Å². The van der Waals surface area contributed by atoms with Crippen LogP contribution in [0.15, 0.2) is 18.2 Å². The molecule has 0 aliphatic carbocycles. The number of hydrogen-bond acceptors (Lipinski definition) is 5. The van der Waals surface area contributed by atoms with Crippen molar-refractivity contribution in [1.29, 1.82) is 0 Å². The van der Waals surface area contributed by atoms with Crippen molar-refractivity contribution in [3.05, 3.63) is 28.3 Å². The maximum absolute atomic E-state index is 11.0. The van der Waals surface area contributed by atoms with Gasteiger partial charge in [-0.1, -0.05) is 0 Å². The zero-order chi connectivity index (χ0) is 15.6. The molecule has 0 aliphatic rings. The first-order chi connectivity index (χ1) is 9.06. The minimum atomic E-state index is -0.976. The van der Waals surface area contributed by atoms with Crippen LogP contribution in [0, 0.1) is 10.1 Å². The molecule has 1 aromatic carbocycles. The SMILES string of the molecule is CCNc1cc(NC(C)(C)C(C)(C)O)cc([N+](=O)[O-])c1. The summed E-state index contributed by atoms with van der Waals surface area (Å²) in [5, 5.41) is 27.3. The van der Waals surface area contributed by atoms with Crippen LogP contribution in [0.4, 0.5) is 17.1 Å². The van der Waals surface area contributed by atoms with Gasteiger partial charge in [0.2, 0.25) is 0 Å². The Bertz CT molecular complexity index is 493. The summed E-state index contributed by atoms with van der Waals surface area (Å²) in [6, 6.07) is 4.75. The van der Waals surface area contributed by atoms with E-state index in [-0.39, 0.29) is 5.69 Å². The second kappa shape index (κ2) is 5.66. The van der Waals surface area contributed by atoms with Crippen LogP contribution >= 0.6 is 0 Å². The molecule has 0 radical (unpaired) electrons. The lowest BCUT2D eigenvalue weighted by Gasteiger charge is -2.38. The molecule has 0 saturated carbocycles. The molecule has 20 heavy (non-hydrogen) atoms. The third-order valence-corrected chi connectivity index (χ3v) is 3.50. The van der Waals surface area contributed by atoms with Crippen molar-refractivity contribution in [3.8, 4) is 0 Å². The van der Waals surface area contributed by atoms with Crippen molar-refractivity contribution in [1.82, 2.24) is 0 Å². The highest BCUT2D eigenvalue weighted by molar-refractivity contribution is 5.64. The summed E-state index contributed by atoms with van der Waals surface area (Å²) in [6.45, 7) is 9.69. The molecule has 0 aliphatic heterocycles. The van der Waals surface area contributed by atoms with E-state index in [1.165, 1.54) is 12.1 Å². The number of nitrogens with zero attached hydrogens (tertiary/aromatic N) is 1. The number of nitro groups is 1. The zero-order valence-electron chi connectivity index (χ0n) is 12.7. The number of hydrogen-bond donors (Lipinski definition) is 3. The molecule has 3 N–H and O–H groups in total. The third-order valence-electron chi connectivity index (χ3n) is 3.50. The number of nitrogens with one attached hydrogen (secondary N) is 2. The number of nitro benzene ring substituents is 1. The third kappa shape index (κ3) is 3.84. The predicted octanol–water partition coefficient (Wildman–Crippen LogP) is 2.99. The Hall–Kier alpha value is -1.82. The van der Waals surface area contributed by atoms with Gasteiger partial charge in [0.25, 0.3) is 5.69 Å². The van der Waals surface area contributed by atoms with E-state index in [9.17, 15) is 15.2 Å². The number of rotatable bonds is 6. The van der Waals surface area contributed by atoms with Gasteiger partial charge in [0.1, 0.15) is 0 Å². The Morgan fingerprint density at radius 3 is 2.20 bits per heavy atom. The minimum Gasteiger partial charge on any atom is -0.388 e. The maximum Gasteiger partial charge on any atom is 0.273 e. The fourth-order valence-corrected chi connectivity index (χ4v) is 1.61. The molecule has 0 fully saturated rings. The van der Waals surface area contributed by atoms with Crippen molar-refractivity contribution in [2.24, 2.45) is 0 Å². The van der Waals surface area contributed by atoms with E-state index < -0.39 is 16.1 Å². The standard InChI is InChI=1S/C14H23N3O3/c1-6-15-10-7-11(9-12(8-10)17(19)20)16-13(2,3)14(4,5)18/h7-9,15-16,18H,6H2,1-5H3. The zero-order valence-corrected chi connectivity index (χ0v) is 12.7. The van der Waals surface area contributed by atoms with Gasteiger partial charge in [-0.3, -0.25) is 10.1 Å². The molecule has 0 heterocycles. The summed E-state index contributed by atoms with van der Waals surface area (Å²) in [4.78, 5) is 10.5. The van der Waals surface area contributed by atoms with Crippen LogP contribution in [0.25, 0.3) is 0 Å². The average Bonchev–Trinajstić information content (AvgIpc) is 2.26. The molecule has 0 unspecified atom stereocenters. The summed E-state index contributed by atoms with van der Waals surface area (Å²) in [7, 11) is 0. The molecule has 1 aromatic rings. The Labute approximate surface area is 119 Å². The van der Waals surface area contributed by atoms with E-state index in [1.54, 1.807) is 19.9 Å². The highest BCUT2D eigenvalue weighted by atomic mass is 16.6.